The average molecular weight is 305 g/mol. The summed E-state index contributed by atoms with van der Waals surface area (Å²) in [7, 11) is 0. The fourth-order valence-electron chi connectivity index (χ4n) is 1.86. The molecule has 0 radical (unpaired) electrons. The van der Waals surface area contributed by atoms with Gasteiger partial charge in [0.25, 0.3) is 0 Å². The van der Waals surface area contributed by atoms with Gasteiger partial charge in [-0.25, -0.2) is 0 Å². The highest BCUT2D eigenvalue weighted by Gasteiger charge is 1.99. The minimum Gasteiger partial charge on any atom is -0.309 e. The number of pyridine rings is 1. The molecule has 1 aromatic carbocycles. The van der Waals surface area contributed by atoms with Gasteiger partial charge in [-0.05, 0) is 48.2 Å². The van der Waals surface area contributed by atoms with Crippen LogP contribution < -0.4 is 5.32 Å². The van der Waals surface area contributed by atoms with E-state index in [0.717, 1.165) is 17.6 Å². The van der Waals surface area contributed by atoms with Gasteiger partial charge in [-0.1, -0.05) is 28.1 Å². The molecular formula is C15H17BrN2. The molecule has 1 N–H and O–H groups in total. The van der Waals surface area contributed by atoms with E-state index >= 15 is 0 Å². The number of nitrogens with one attached hydrogen (secondary N) is 1. The summed E-state index contributed by atoms with van der Waals surface area (Å²) in [6.45, 7) is 5.97. The van der Waals surface area contributed by atoms with Gasteiger partial charge in [0.05, 0.1) is 0 Å². The lowest BCUT2D eigenvalue weighted by Crippen LogP contribution is -2.13. The van der Waals surface area contributed by atoms with Gasteiger partial charge in [-0.3, -0.25) is 4.98 Å². The van der Waals surface area contributed by atoms with Crippen LogP contribution in [-0.4, -0.2) is 4.98 Å². The van der Waals surface area contributed by atoms with Crippen molar-refractivity contribution in [3.05, 3.63) is 63.4 Å². The van der Waals surface area contributed by atoms with Crippen molar-refractivity contribution < 1.29 is 0 Å². The van der Waals surface area contributed by atoms with Crippen LogP contribution >= 0.6 is 15.9 Å². The fraction of sp³-hybridized carbons (Fsp3) is 0.267. The highest BCUT2D eigenvalue weighted by atomic mass is 79.9. The number of aryl methyl sites for hydroxylation is 2. The monoisotopic (exact) mass is 304 g/mol. The number of hydrogen-bond donors (Lipinski definition) is 1. The van der Waals surface area contributed by atoms with Crippen LogP contribution in [0.25, 0.3) is 0 Å². The van der Waals surface area contributed by atoms with Gasteiger partial charge in [-0.2, -0.15) is 0 Å². The summed E-state index contributed by atoms with van der Waals surface area (Å²) in [5, 5.41) is 3.46. The first-order valence-corrected chi connectivity index (χ1v) is 6.81. The van der Waals surface area contributed by atoms with Crippen molar-refractivity contribution in [2.75, 3.05) is 0 Å². The summed E-state index contributed by atoms with van der Waals surface area (Å²) < 4.78 is 1.16. The van der Waals surface area contributed by atoms with Crippen LogP contribution in [0.5, 0.6) is 0 Å². The molecule has 1 aromatic heterocycles. The molecule has 2 rings (SSSR count). The zero-order chi connectivity index (χ0) is 13.0. The smallest absolute Gasteiger partial charge is 0.0300 e. The molecule has 0 aliphatic carbocycles. The van der Waals surface area contributed by atoms with Crippen molar-refractivity contribution in [3.8, 4) is 0 Å². The Morgan fingerprint density at radius 1 is 1.11 bits per heavy atom. The quantitative estimate of drug-likeness (QED) is 0.930. The molecule has 94 valence electrons. The molecule has 0 aliphatic rings. The first-order valence-electron chi connectivity index (χ1n) is 6.02. The number of hydrogen-bond acceptors (Lipinski definition) is 2. The second kappa shape index (κ2) is 6.12. The molecule has 0 unspecified atom stereocenters. The first-order chi connectivity index (χ1) is 8.66. The van der Waals surface area contributed by atoms with Gasteiger partial charge >= 0.3 is 0 Å². The van der Waals surface area contributed by atoms with Crippen LogP contribution in [0.4, 0.5) is 0 Å². The number of nitrogens with zero attached hydrogens (tertiary/aromatic N) is 1. The largest absolute Gasteiger partial charge is 0.309 e. The highest BCUT2D eigenvalue weighted by Crippen LogP contribution is 2.17. The van der Waals surface area contributed by atoms with E-state index < -0.39 is 0 Å². The molecular weight excluding hydrogens is 288 g/mol. The van der Waals surface area contributed by atoms with Crippen LogP contribution in [0.15, 0.2) is 41.1 Å². The van der Waals surface area contributed by atoms with Crippen LogP contribution in [-0.2, 0) is 13.1 Å². The van der Waals surface area contributed by atoms with E-state index in [9.17, 15) is 0 Å². The Kier molecular flexibility index (Phi) is 4.50. The molecule has 2 aromatic rings. The van der Waals surface area contributed by atoms with E-state index in [4.69, 9.17) is 0 Å². The van der Waals surface area contributed by atoms with Gasteiger partial charge < -0.3 is 5.32 Å². The molecule has 0 aliphatic heterocycles. The lowest BCUT2D eigenvalue weighted by atomic mass is 10.1. The normalized spacial score (nSPS) is 10.6. The Morgan fingerprint density at radius 3 is 2.67 bits per heavy atom. The predicted octanol–water partition coefficient (Wildman–Crippen LogP) is 3.75. The maximum absolute atomic E-state index is 4.10. The van der Waals surface area contributed by atoms with Gasteiger partial charge in [-0.15, -0.1) is 0 Å². The van der Waals surface area contributed by atoms with Crippen LogP contribution in [0.1, 0.15) is 22.3 Å². The van der Waals surface area contributed by atoms with Gasteiger partial charge in [0.1, 0.15) is 0 Å². The molecule has 0 saturated carbocycles. The van der Waals surface area contributed by atoms with E-state index in [-0.39, 0.29) is 0 Å². The van der Waals surface area contributed by atoms with Crippen molar-refractivity contribution in [2.24, 2.45) is 0 Å². The van der Waals surface area contributed by atoms with Crippen LogP contribution in [0, 0.1) is 13.8 Å². The third-order valence-corrected chi connectivity index (χ3v) is 3.89. The summed E-state index contributed by atoms with van der Waals surface area (Å²) in [6.07, 6.45) is 3.74. The zero-order valence-electron chi connectivity index (χ0n) is 10.7. The molecule has 3 heteroatoms. The van der Waals surface area contributed by atoms with Crippen molar-refractivity contribution in [2.45, 2.75) is 26.9 Å². The van der Waals surface area contributed by atoms with E-state index in [2.05, 4.69) is 64.3 Å². The second-order valence-corrected chi connectivity index (χ2v) is 5.34. The van der Waals surface area contributed by atoms with Gasteiger partial charge in [0.2, 0.25) is 0 Å². The number of halogens is 1. The summed E-state index contributed by atoms with van der Waals surface area (Å²) in [4.78, 5) is 4.10. The van der Waals surface area contributed by atoms with Crippen LogP contribution in [0.2, 0.25) is 0 Å². The third kappa shape index (κ3) is 3.40. The second-order valence-electron chi connectivity index (χ2n) is 4.49. The Balaban J connectivity index is 1.92. The maximum Gasteiger partial charge on any atom is 0.0300 e. The Bertz CT molecular complexity index is 538. The average Bonchev–Trinajstić information content (AvgIpc) is 2.36. The fourth-order valence-corrected chi connectivity index (χ4v) is 2.11. The summed E-state index contributed by atoms with van der Waals surface area (Å²) in [5.41, 5.74) is 5.12. The minimum atomic E-state index is 0.878. The SMILES string of the molecule is Cc1cc(CNCc2ccncc2C)ccc1Br. The lowest BCUT2D eigenvalue weighted by molar-refractivity contribution is 0.689. The van der Waals surface area contributed by atoms with Crippen molar-refractivity contribution in [3.63, 3.8) is 0 Å². The molecule has 0 spiro atoms. The van der Waals surface area contributed by atoms with Crippen molar-refractivity contribution >= 4 is 15.9 Å². The molecule has 0 amide bonds. The van der Waals surface area contributed by atoms with E-state index in [0.29, 0.717) is 0 Å². The lowest BCUT2D eigenvalue weighted by Gasteiger charge is -2.08. The first kappa shape index (κ1) is 13.2. The number of benzene rings is 1. The zero-order valence-corrected chi connectivity index (χ0v) is 12.3. The molecule has 0 fully saturated rings. The summed E-state index contributed by atoms with van der Waals surface area (Å²) in [6, 6.07) is 8.51. The standard InChI is InChI=1S/C15H17BrN2/c1-11-7-13(3-4-15(11)16)9-18-10-14-5-6-17-8-12(14)2/h3-8,18H,9-10H2,1-2H3. The predicted molar refractivity (Wildman–Crippen MR) is 78.4 cm³/mol. The molecule has 0 saturated heterocycles. The Labute approximate surface area is 117 Å². The van der Waals surface area contributed by atoms with E-state index in [1.54, 1.807) is 0 Å². The number of rotatable bonds is 4. The van der Waals surface area contributed by atoms with E-state index in [1.165, 1.54) is 22.3 Å². The van der Waals surface area contributed by atoms with E-state index in [1.807, 2.05) is 12.4 Å². The molecule has 0 atom stereocenters. The van der Waals surface area contributed by atoms with Crippen molar-refractivity contribution in [1.82, 2.24) is 10.3 Å². The topological polar surface area (TPSA) is 24.9 Å². The summed E-state index contributed by atoms with van der Waals surface area (Å²) in [5.74, 6) is 0. The van der Waals surface area contributed by atoms with Gasteiger partial charge in [0, 0.05) is 30.0 Å². The third-order valence-electron chi connectivity index (χ3n) is 3.00. The Hall–Kier alpha value is -1.19. The molecule has 1 heterocycles. The minimum absolute atomic E-state index is 0.878. The maximum atomic E-state index is 4.10. The van der Waals surface area contributed by atoms with Crippen LogP contribution in [0.3, 0.4) is 0 Å². The highest BCUT2D eigenvalue weighted by molar-refractivity contribution is 9.10. The molecule has 2 nitrogen and oxygen atoms in total. The number of aromatic nitrogens is 1. The van der Waals surface area contributed by atoms with Gasteiger partial charge in [0.15, 0.2) is 0 Å². The Morgan fingerprint density at radius 2 is 1.94 bits per heavy atom. The molecule has 0 bridgehead atoms. The van der Waals surface area contributed by atoms with Crippen molar-refractivity contribution in [1.29, 1.82) is 0 Å². The summed E-state index contributed by atoms with van der Waals surface area (Å²) >= 11 is 3.52. The molecule has 18 heavy (non-hydrogen) atoms.